The molecule has 1 atom stereocenters. The van der Waals surface area contributed by atoms with Gasteiger partial charge in [0.15, 0.2) is 0 Å². The fourth-order valence-electron chi connectivity index (χ4n) is 2.06. The highest BCUT2D eigenvalue weighted by Crippen LogP contribution is 2.26. The normalized spacial score (nSPS) is 11.7. The lowest BCUT2D eigenvalue weighted by atomic mass is 10.0. The van der Waals surface area contributed by atoms with E-state index in [4.69, 9.17) is 16.9 Å². The van der Waals surface area contributed by atoms with Crippen molar-refractivity contribution < 1.29 is 4.39 Å². The zero-order chi connectivity index (χ0) is 14.5. The van der Waals surface area contributed by atoms with E-state index in [0.29, 0.717) is 10.7 Å². The van der Waals surface area contributed by atoms with E-state index in [9.17, 15) is 4.39 Å². The van der Waals surface area contributed by atoms with Crippen LogP contribution in [0.15, 0.2) is 42.5 Å². The second-order valence-corrected chi connectivity index (χ2v) is 4.87. The monoisotopic (exact) mass is 288 g/mol. The first-order chi connectivity index (χ1) is 9.65. The summed E-state index contributed by atoms with van der Waals surface area (Å²) in [4.78, 5) is 0. The maximum Gasteiger partial charge on any atom is 0.143 e. The predicted molar refractivity (Wildman–Crippen MR) is 79.2 cm³/mol. The summed E-state index contributed by atoms with van der Waals surface area (Å²) in [5, 5.41) is 12.9. The quantitative estimate of drug-likeness (QED) is 0.867. The molecular weight excluding hydrogens is 275 g/mol. The fraction of sp³-hybridized carbons (Fsp3) is 0.188. The Labute approximate surface area is 122 Å². The molecule has 2 aromatic rings. The van der Waals surface area contributed by atoms with E-state index in [0.717, 1.165) is 12.0 Å². The largest absolute Gasteiger partial charge is 0.377 e. The van der Waals surface area contributed by atoms with Crippen molar-refractivity contribution in [3.05, 3.63) is 64.4 Å². The first kappa shape index (κ1) is 14.4. The van der Waals surface area contributed by atoms with Crippen LogP contribution in [0.3, 0.4) is 0 Å². The van der Waals surface area contributed by atoms with E-state index in [1.54, 1.807) is 12.1 Å². The average molecular weight is 289 g/mol. The van der Waals surface area contributed by atoms with Crippen molar-refractivity contribution in [3.63, 3.8) is 0 Å². The highest BCUT2D eigenvalue weighted by molar-refractivity contribution is 6.30. The van der Waals surface area contributed by atoms with Crippen LogP contribution in [0, 0.1) is 17.1 Å². The Kier molecular flexibility index (Phi) is 4.60. The topological polar surface area (TPSA) is 35.8 Å². The van der Waals surface area contributed by atoms with Crippen LogP contribution >= 0.6 is 11.6 Å². The number of hydrogen-bond acceptors (Lipinski definition) is 2. The fourth-order valence-corrected chi connectivity index (χ4v) is 2.19. The molecule has 0 saturated carbocycles. The lowest BCUT2D eigenvalue weighted by Gasteiger charge is -2.19. The summed E-state index contributed by atoms with van der Waals surface area (Å²) in [6.07, 6.45) is 0.809. The highest BCUT2D eigenvalue weighted by Gasteiger charge is 2.13. The van der Waals surface area contributed by atoms with Crippen molar-refractivity contribution in [2.24, 2.45) is 0 Å². The molecule has 0 aliphatic heterocycles. The van der Waals surface area contributed by atoms with Crippen LogP contribution in [0.1, 0.15) is 30.5 Å². The predicted octanol–water partition coefficient (Wildman–Crippen LogP) is 4.91. The van der Waals surface area contributed by atoms with Gasteiger partial charge in [-0.15, -0.1) is 0 Å². The molecule has 0 aliphatic carbocycles. The van der Waals surface area contributed by atoms with Gasteiger partial charge in [0.25, 0.3) is 0 Å². The molecule has 102 valence electrons. The molecule has 0 bridgehead atoms. The van der Waals surface area contributed by atoms with Gasteiger partial charge in [0.05, 0.1) is 11.7 Å². The number of nitriles is 1. The standard InChI is InChI=1S/C16H14ClFN2/c1-2-15(11-6-8-12(17)9-7-11)20-16-5-3-4-14(18)13(16)10-19/h3-9,15,20H,2H2,1H3. The Morgan fingerprint density at radius 3 is 2.55 bits per heavy atom. The maximum atomic E-state index is 13.6. The number of nitrogens with zero attached hydrogens (tertiary/aromatic N) is 1. The van der Waals surface area contributed by atoms with Crippen LogP contribution in [0.2, 0.25) is 5.02 Å². The molecule has 0 aliphatic rings. The number of rotatable bonds is 4. The minimum absolute atomic E-state index is 0.00108. The molecule has 2 nitrogen and oxygen atoms in total. The van der Waals surface area contributed by atoms with E-state index in [-0.39, 0.29) is 11.6 Å². The second-order valence-electron chi connectivity index (χ2n) is 4.43. The Bertz CT molecular complexity index is 632. The minimum atomic E-state index is -0.511. The van der Waals surface area contributed by atoms with Crippen LogP contribution in [-0.4, -0.2) is 0 Å². The highest BCUT2D eigenvalue weighted by atomic mass is 35.5. The summed E-state index contributed by atoms with van der Waals surface area (Å²) < 4.78 is 13.6. The van der Waals surface area contributed by atoms with Crippen molar-refractivity contribution in [2.45, 2.75) is 19.4 Å². The van der Waals surface area contributed by atoms with E-state index in [2.05, 4.69) is 5.32 Å². The Morgan fingerprint density at radius 2 is 1.95 bits per heavy atom. The molecule has 0 radical (unpaired) electrons. The van der Waals surface area contributed by atoms with Crippen LogP contribution in [0.25, 0.3) is 0 Å². The van der Waals surface area contributed by atoms with Gasteiger partial charge in [-0.3, -0.25) is 0 Å². The molecule has 0 saturated heterocycles. The van der Waals surface area contributed by atoms with Gasteiger partial charge < -0.3 is 5.32 Å². The molecule has 2 aromatic carbocycles. The number of hydrogen-bond donors (Lipinski definition) is 1. The molecule has 0 fully saturated rings. The Hall–Kier alpha value is -2.05. The minimum Gasteiger partial charge on any atom is -0.377 e. The molecular formula is C16H14ClFN2. The summed E-state index contributed by atoms with van der Waals surface area (Å²) in [6, 6.07) is 14.0. The molecule has 1 unspecified atom stereocenters. The first-order valence-corrected chi connectivity index (χ1v) is 6.74. The summed E-state index contributed by atoms with van der Waals surface area (Å²) in [7, 11) is 0. The lowest BCUT2D eigenvalue weighted by Crippen LogP contribution is -2.11. The summed E-state index contributed by atoms with van der Waals surface area (Å²) >= 11 is 5.88. The number of nitrogens with one attached hydrogen (secondary N) is 1. The molecule has 0 spiro atoms. The Morgan fingerprint density at radius 1 is 1.25 bits per heavy atom. The summed E-state index contributed by atoms with van der Waals surface area (Å²) in [5.41, 5.74) is 1.60. The van der Waals surface area contributed by atoms with Crippen LogP contribution in [-0.2, 0) is 0 Å². The number of halogens is 2. The Balaban J connectivity index is 2.30. The molecule has 0 amide bonds. The number of anilines is 1. The number of benzene rings is 2. The second kappa shape index (κ2) is 6.40. The lowest BCUT2D eigenvalue weighted by molar-refractivity contribution is 0.623. The third-order valence-electron chi connectivity index (χ3n) is 3.14. The van der Waals surface area contributed by atoms with Crippen molar-refractivity contribution in [2.75, 3.05) is 5.32 Å². The van der Waals surface area contributed by atoms with Gasteiger partial charge in [-0.25, -0.2) is 4.39 Å². The van der Waals surface area contributed by atoms with Gasteiger partial charge in [-0.2, -0.15) is 5.26 Å². The molecule has 4 heteroatoms. The van der Waals surface area contributed by atoms with Gasteiger partial charge >= 0.3 is 0 Å². The van der Waals surface area contributed by atoms with Crippen LogP contribution in [0.4, 0.5) is 10.1 Å². The van der Waals surface area contributed by atoms with Gasteiger partial charge in [0.2, 0.25) is 0 Å². The van der Waals surface area contributed by atoms with Gasteiger partial charge in [0, 0.05) is 5.02 Å². The van der Waals surface area contributed by atoms with Crippen LogP contribution in [0.5, 0.6) is 0 Å². The van der Waals surface area contributed by atoms with Gasteiger partial charge in [0.1, 0.15) is 17.4 Å². The van der Waals surface area contributed by atoms with Gasteiger partial charge in [-0.1, -0.05) is 36.7 Å². The maximum absolute atomic E-state index is 13.6. The third-order valence-corrected chi connectivity index (χ3v) is 3.39. The zero-order valence-corrected chi connectivity index (χ0v) is 11.8. The van der Waals surface area contributed by atoms with E-state index in [1.165, 1.54) is 6.07 Å². The molecule has 0 aromatic heterocycles. The summed E-state index contributed by atoms with van der Waals surface area (Å²) in [6.45, 7) is 2.03. The molecule has 20 heavy (non-hydrogen) atoms. The third kappa shape index (κ3) is 3.09. The zero-order valence-electron chi connectivity index (χ0n) is 11.0. The summed E-state index contributed by atoms with van der Waals surface area (Å²) in [5.74, 6) is -0.511. The van der Waals surface area contributed by atoms with Crippen LogP contribution < -0.4 is 5.32 Å². The van der Waals surface area contributed by atoms with Gasteiger partial charge in [-0.05, 0) is 36.2 Å². The van der Waals surface area contributed by atoms with E-state index < -0.39 is 5.82 Å². The van der Waals surface area contributed by atoms with E-state index in [1.807, 2.05) is 37.3 Å². The average Bonchev–Trinajstić information content (AvgIpc) is 2.46. The molecule has 0 heterocycles. The van der Waals surface area contributed by atoms with E-state index >= 15 is 0 Å². The van der Waals surface area contributed by atoms with Crippen molar-refractivity contribution in [1.82, 2.24) is 0 Å². The molecule has 1 N–H and O–H groups in total. The van der Waals surface area contributed by atoms with Crippen molar-refractivity contribution in [1.29, 1.82) is 5.26 Å². The van der Waals surface area contributed by atoms with Crippen molar-refractivity contribution in [3.8, 4) is 6.07 Å². The van der Waals surface area contributed by atoms with Crippen molar-refractivity contribution >= 4 is 17.3 Å². The smallest absolute Gasteiger partial charge is 0.143 e. The molecule has 2 rings (SSSR count). The first-order valence-electron chi connectivity index (χ1n) is 6.36. The SMILES string of the molecule is CCC(Nc1cccc(F)c1C#N)c1ccc(Cl)cc1.